The van der Waals surface area contributed by atoms with Crippen molar-refractivity contribution in [2.24, 2.45) is 0 Å². The molecule has 0 aliphatic rings. The number of aryl methyl sites for hydroxylation is 2. The van der Waals surface area contributed by atoms with Gasteiger partial charge in [-0.15, -0.1) is 0 Å². The van der Waals surface area contributed by atoms with Crippen LogP contribution in [0.2, 0.25) is 0 Å². The molecule has 3 N–H and O–H groups in total. The third-order valence-corrected chi connectivity index (χ3v) is 5.81. The van der Waals surface area contributed by atoms with Crippen LogP contribution in [-0.4, -0.2) is 30.2 Å². The molecule has 9 heteroatoms. The van der Waals surface area contributed by atoms with Crippen LogP contribution in [0.25, 0.3) is 0 Å². The Morgan fingerprint density at radius 2 is 1.35 bits per heavy atom. The van der Waals surface area contributed by atoms with Crippen LogP contribution in [0.15, 0.2) is 84.9 Å². The summed E-state index contributed by atoms with van der Waals surface area (Å²) in [6.07, 6.45) is 0.250. The van der Waals surface area contributed by atoms with E-state index in [1.807, 2.05) is 79.7 Å². The Kier molecular flexibility index (Phi) is 10.2. The van der Waals surface area contributed by atoms with E-state index in [1.165, 1.54) is 18.7 Å². The normalized spacial score (nSPS) is 9.88. The van der Waals surface area contributed by atoms with E-state index in [4.69, 9.17) is 19.1 Å². The number of hydrogen-bond acceptors (Lipinski definition) is 7. The number of amides is 1. The van der Waals surface area contributed by atoms with Gasteiger partial charge in [-0.2, -0.15) is 9.59 Å². The number of carbonyl (C=O) groups is 2. The van der Waals surface area contributed by atoms with Crippen LogP contribution in [0, 0.1) is 13.8 Å². The minimum Gasteiger partial charge on any atom is -0.478 e. The molecule has 0 aliphatic heterocycles. The van der Waals surface area contributed by atoms with E-state index in [2.05, 4.69) is 10.6 Å². The lowest BCUT2D eigenvalue weighted by molar-refractivity contribution is -0.191. The van der Waals surface area contributed by atoms with Crippen LogP contribution in [0.5, 0.6) is 23.0 Å². The van der Waals surface area contributed by atoms with Gasteiger partial charge in [0.25, 0.3) is 5.91 Å². The van der Waals surface area contributed by atoms with Crippen molar-refractivity contribution in [2.45, 2.75) is 20.4 Å². The Balaban J connectivity index is 0.00000141. The van der Waals surface area contributed by atoms with Crippen molar-refractivity contribution in [2.75, 3.05) is 12.4 Å². The summed E-state index contributed by atoms with van der Waals surface area (Å²) >= 11 is 0. The van der Waals surface area contributed by atoms with Gasteiger partial charge in [-0.3, -0.25) is 4.79 Å². The summed E-state index contributed by atoms with van der Waals surface area (Å²) in [6, 6.07) is 25.7. The quantitative estimate of drug-likeness (QED) is 0.237. The zero-order valence-electron chi connectivity index (χ0n) is 22.2. The highest BCUT2D eigenvalue weighted by atomic mass is 16.5. The van der Waals surface area contributed by atoms with Crippen molar-refractivity contribution < 1.29 is 33.8 Å². The van der Waals surface area contributed by atoms with Crippen molar-refractivity contribution in [3.63, 3.8) is 0 Å². The Morgan fingerprint density at radius 1 is 0.800 bits per heavy atom. The molecule has 1 amide bonds. The first-order chi connectivity index (χ1) is 19.2. The Bertz CT molecular complexity index is 1510. The summed E-state index contributed by atoms with van der Waals surface area (Å²) in [5.74, 6) is 1.31. The third-order valence-electron chi connectivity index (χ3n) is 5.81. The van der Waals surface area contributed by atoms with E-state index in [0.717, 1.165) is 17.0 Å². The summed E-state index contributed by atoms with van der Waals surface area (Å²) in [5, 5.41) is 15.4. The van der Waals surface area contributed by atoms with E-state index in [9.17, 15) is 14.7 Å². The number of hydrogen-bond donors (Lipinski definition) is 3. The second-order valence-electron chi connectivity index (χ2n) is 8.66. The molecule has 4 aromatic carbocycles. The number of aromatic carboxylic acids is 1. The maximum absolute atomic E-state index is 12.0. The monoisotopic (exact) mass is 540 g/mol. The molecule has 0 unspecified atom stereocenters. The Morgan fingerprint density at radius 3 is 1.88 bits per heavy atom. The fourth-order valence-electron chi connectivity index (χ4n) is 3.83. The molecule has 0 saturated heterocycles. The molecule has 40 heavy (non-hydrogen) atoms. The summed E-state index contributed by atoms with van der Waals surface area (Å²) < 4.78 is 11.9. The van der Waals surface area contributed by atoms with Gasteiger partial charge in [0, 0.05) is 30.9 Å². The molecule has 204 valence electrons. The molecule has 0 atom stereocenters. The van der Waals surface area contributed by atoms with E-state index in [0.29, 0.717) is 34.9 Å². The van der Waals surface area contributed by atoms with Gasteiger partial charge in [0.05, 0.1) is 5.56 Å². The molecule has 4 rings (SSSR count). The molecule has 4 aromatic rings. The molecular formula is C31H28N2O7. The van der Waals surface area contributed by atoms with Crippen LogP contribution < -0.4 is 20.1 Å². The molecule has 9 nitrogen and oxygen atoms in total. The van der Waals surface area contributed by atoms with Crippen molar-refractivity contribution in [1.29, 1.82) is 0 Å². The van der Waals surface area contributed by atoms with Crippen LogP contribution in [0.4, 0.5) is 5.69 Å². The largest absolute Gasteiger partial charge is 0.478 e. The number of carboxylic acids is 1. The van der Waals surface area contributed by atoms with Gasteiger partial charge in [-0.1, -0.05) is 23.8 Å². The maximum atomic E-state index is 12.0. The summed E-state index contributed by atoms with van der Waals surface area (Å²) in [4.78, 5) is 40.0. The lowest BCUT2D eigenvalue weighted by Gasteiger charge is -2.14. The third kappa shape index (κ3) is 8.05. The molecule has 0 radical (unpaired) electrons. The van der Waals surface area contributed by atoms with E-state index >= 15 is 0 Å². The Hall–Kier alpha value is -5.40. The molecule has 0 spiro atoms. The average molecular weight is 541 g/mol. The van der Waals surface area contributed by atoms with Crippen molar-refractivity contribution in [3.05, 3.63) is 113 Å². The highest BCUT2D eigenvalue weighted by Gasteiger charge is 2.17. The van der Waals surface area contributed by atoms with Crippen LogP contribution in [-0.2, 0) is 16.1 Å². The summed E-state index contributed by atoms with van der Waals surface area (Å²) in [7, 11) is 1.51. The predicted octanol–water partition coefficient (Wildman–Crippen LogP) is 5.97. The number of nitrogens with one attached hydrogen (secondary N) is 2. The molecule has 0 heterocycles. The fourth-order valence-corrected chi connectivity index (χ4v) is 3.83. The van der Waals surface area contributed by atoms with Crippen molar-refractivity contribution in [3.8, 4) is 23.0 Å². The van der Waals surface area contributed by atoms with Gasteiger partial charge in [0.1, 0.15) is 23.0 Å². The lowest BCUT2D eigenvalue weighted by Crippen LogP contribution is -2.20. The van der Waals surface area contributed by atoms with Gasteiger partial charge >= 0.3 is 12.1 Å². The predicted molar refractivity (Wildman–Crippen MR) is 148 cm³/mol. The highest BCUT2D eigenvalue weighted by molar-refractivity contribution is 5.98. The minimum absolute atomic E-state index is 0.0961. The molecule has 0 bridgehead atoms. The van der Waals surface area contributed by atoms with Crippen LogP contribution in [0.1, 0.15) is 37.4 Å². The molecule has 0 aliphatic carbocycles. The van der Waals surface area contributed by atoms with Gasteiger partial charge < -0.3 is 25.2 Å². The number of anilines is 1. The average Bonchev–Trinajstić information content (AvgIpc) is 2.94. The number of carboxylic acid groups (broad SMARTS) is 1. The first kappa shape index (κ1) is 29.2. The number of rotatable bonds is 9. The lowest BCUT2D eigenvalue weighted by atomic mass is 9.97. The molecule has 0 aromatic heterocycles. The van der Waals surface area contributed by atoms with Crippen molar-refractivity contribution >= 4 is 23.7 Å². The second kappa shape index (κ2) is 13.9. The Labute approximate surface area is 231 Å². The van der Waals surface area contributed by atoms with E-state index < -0.39 is 5.97 Å². The first-order valence-electron chi connectivity index (χ1n) is 12.2. The number of carbonyl (C=O) groups excluding carboxylic acids is 3. The van der Waals surface area contributed by atoms with Crippen molar-refractivity contribution in [1.82, 2.24) is 5.32 Å². The standard InChI is InChI=1S/C30H28N2O5.CO2/c1-19-7-11-23(12-8-19)36-25-5-4-6-26(17-25)37-24-13-9-22(10-14-24)32-18-28-20(2)15-21(29(33)31-3)16-27(28)30(34)35;2-1-3/h4-17,32H,18H2,1-3H3,(H,31,33)(H,34,35);. The zero-order chi connectivity index (χ0) is 29.1. The van der Waals surface area contributed by atoms with Gasteiger partial charge in [-0.25, -0.2) is 4.79 Å². The molecule has 0 fully saturated rings. The highest BCUT2D eigenvalue weighted by Crippen LogP contribution is 2.29. The molecular weight excluding hydrogens is 512 g/mol. The number of benzene rings is 4. The van der Waals surface area contributed by atoms with E-state index in [-0.39, 0.29) is 17.6 Å². The zero-order valence-corrected chi connectivity index (χ0v) is 22.2. The minimum atomic E-state index is -1.08. The fraction of sp³-hybridized carbons (Fsp3) is 0.129. The topological polar surface area (TPSA) is 131 Å². The van der Waals surface area contributed by atoms with Gasteiger partial charge in [0.15, 0.2) is 0 Å². The summed E-state index contributed by atoms with van der Waals surface area (Å²) in [6.45, 7) is 4.11. The first-order valence-corrected chi connectivity index (χ1v) is 12.2. The summed E-state index contributed by atoms with van der Waals surface area (Å²) in [5.41, 5.74) is 3.72. The number of ether oxygens (including phenoxy) is 2. The second-order valence-corrected chi connectivity index (χ2v) is 8.66. The van der Waals surface area contributed by atoms with Crippen LogP contribution in [0.3, 0.4) is 0 Å². The molecule has 0 saturated carbocycles. The maximum Gasteiger partial charge on any atom is 0.373 e. The SMILES string of the molecule is CNC(=O)c1cc(C)c(CNc2ccc(Oc3cccc(Oc4ccc(C)cc4)c3)cc2)c(C(=O)O)c1.O=C=O. The van der Waals surface area contributed by atoms with Gasteiger partial charge in [0.2, 0.25) is 0 Å². The van der Waals surface area contributed by atoms with E-state index in [1.54, 1.807) is 13.0 Å². The smallest absolute Gasteiger partial charge is 0.373 e. The van der Waals surface area contributed by atoms with Gasteiger partial charge in [-0.05, 0) is 85.6 Å². The van der Waals surface area contributed by atoms with Crippen LogP contribution >= 0.6 is 0 Å².